The maximum absolute atomic E-state index is 12.1. The molecule has 4 nitrogen and oxygen atoms in total. The van der Waals surface area contributed by atoms with Crippen LogP contribution in [0.3, 0.4) is 0 Å². The van der Waals surface area contributed by atoms with Crippen LogP contribution in [0.25, 0.3) is 0 Å². The van der Waals surface area contributed by atoms with E-state index >= 15 is 0 Å². The first-order valence-corrected chi connectivity index (χ1v) is 8.84. The van der Waals surface area contributed by atoms with Crippen molar-refractivity contribution in [2.75, 3.05) is 18.9 Å². The Labute approximate surface area is 147 Å². The van der Waals surface area contributed by atoms with E-state index in [1.54, 1.807) is 11.9 Å². The molecule has 0 spiro atoms. The van der Waals surface area contributed by atoms with Gasteiger partial charge in [0.2, 0.25) is 0 Å². The van der Waals surface area contributed by atoms with Crippen molar-refractivity contribution in [1.82, 2.24) is 4.90 Å². The van der Waals surface area contributed by atoms with E-state index in [9.17, 15) is 4.79 Å². The van der Waals surface area contributed by atoms with Crippen LogP contribution in [0.15, 0.2) is 24.3 Å². The van der Waals surface area contributed by atoms with Gasteiger partial charge in [0, 0.05) is 19.3 Å². The van der Waals surface area contributed by atoms with Crippen LogP contribution in [0.2, 0.25) is 0 Å². The first-order valence-electron chi connectivity index (χ1n) is 8.84. The fraction of sp³-hybridized carbons (Fsp3) is 0.650. The molecule has 0 heterocycles. The highest BCUT2D eigenvalue weighted by Gasteiger charge is 2.20. The van der Waals surface area contributed by atoms with E-state index in [-0.39, 0.29) is 6.09 Å². The molecule has 0 saturated carbocycles. The molecule has 24 heavy (non-hydrogen) atoms. The zero-order valence-electron chi connectivity index (χ0n) is 16.3. The largest absolute Gasteiger partial charge is 0.444 e. The summed E-state index contributed by atoms with van der Waals surface area (Å²) in [6.45, 7) is 13.9. The average Bonchev–Trinajstić information content (AvgIpc) is 2.43. The van der Waals surface area contributed by atoms with Crippen LogP contribution in [0.5, 0.6) is 0 Å². The Kier molecular flexibility index (Phi) is 7.59. The Morgan fingerprint density at radius 3 is 2.42 bits per heavy atom. The number of benzene rings is 1. The first-order chi connectivity index (χ1) is 11.1. The molecule has 0 fully saturated rings. The Hall–Kier alpha value is -1.71. The van der Waals surface area contributed by atoms with Crippen LogP contribution in [0.1, 0.15) is 53.5 Å². The molecule has 0 bridgehead atoms. The topological polar surface area (TPSA) is 41.6 Å². The van der Waals surface area contributed by atoms with Crippen molar-refractivity contribution in [1.29, 1.82) is 0 Å². The van der Waals surface area contributed by atoms with Crippen LogP contribution in [-0.4, -0.2) is 30.2 Å². The Morgan fingerprint density at radius 1 is 1.21 bits per heavy atom. The van der Waals surface area contributed by atoms with Crippen molar-refractivity contribution in [3.8, 4) is 0 Å². The summed E-state index contributed by atoms with van der Waals surface area (Å²) in [5.41, 5.74) is 1.71. The number of rotatable bonds is 7. The lowest BCUT2D eigenvalue weighted by atomic mass is 9.99. The number of ether oxygens (including phenoxy) is 1. The number of hydrogen-bond acceptors (Lipinski definition) is 3. The molecule has 1 N–H and O–H groups in total. The van der Waals surface area contributed by atoms with Gasteiger partial charge in [-0.1, -0.05) is 39.0 Å². The fourth-order valence-corrected chi connectivity index (χ4v) is 2.66. The molecule has 136 valence electrons. The molecule has 0 aliphatic carbocycles. The summed E-state index contributed by atoms with van der Waals surface area (Å²) in [4.78, 5) is 13.8. The maximum Gasteiger partial charge on any atom is 0.410 e. The fourth-order valence-electron chi connectivity index (χ4n) is 2.66. The maximum atomic E-state index is 12.1. The first kappa shape index (κ1) is 20.3. The summed E-state index contributed by atoms with van der Waals surface area (Å²) in [6, 6.07) is 8.14. The van der Waals surface area contributed by atoms with Crippen molar-refractivity contribution in [2.24, 2.45) is 11.8 Å². The molecular weight excluding hydrogens is 300 g/mol. The van der Waals surface area contributed by atoms with Crippen LogP contribution < -0.4 is 5.32 Å². The SMILES string of the molecule is CC(C)CC(C)CNc1ccccc1CN(C)C(=O)OC(C)(C)C. The van der Waals surface area contributed by atoms with E-state index in [0.717, 1.165) is 17.8 Å². The highest BCUT2D eigenvalue weighted by Crippen LogP contribution is 2.20. The number of carbonyl (C=O) groups excluding carboxylic acids is 1. The van der Waals surface area contributed by atoms with Crippen molar-refractivity contribution in [2.45, 2.75) is 60.1 Å². The Balaban J connectivity index is 2.67. The van der Waals surface area contributed by atoms with E-state index in [1.165, 1.54) is 6.42 Å². The molecule has 4 heteroatoms. The number of para-hydroxylation sites is 1. The third-order valence-corrected chi connectivity index (χ3v) is 3.64. The van der Waals surface area contributed by atoms with E-state index < -0.39 is 5.60 Å². The van der Waals surface area contributed by atoms with Gasteiger partial charge in [0.15, 0.2) is 0 Å². The van der Waals surface area contributed by atoms with Crippen LogP contribution in [0.4, 0.5) is 10.5 Å². The van der Waals surface area contributed by atoms with E-state index in [4.69, 9.17) is 4.74 Å². The van der Waals surface area contributed by atoms with Gasteiger partial charge in [0.05, 0.1) is 6.54 Å². The predicted octanol–water partition coefficient (Wildman–Crippen LogP) is 5.15. The molecule has 1 aromatic rings. The summed E-state index contributed by atoms with van der Waals surface area (Å²) >= 11 is 0. The van der Waals surface area contributed by atoms with Gasteiger partial charge >= 0.3 is 6.09 Å². The minimum atomic E-state index is -0.477. The Bertz CT molecular complexity index is 521. The number of anilines is 1. The summed E-state index contributed by atoms with van der Waals surface area (Å²) in [7, 11) is 1.77. The normalized spacial score (nSPS) is 12.8. The minimum Gasteiger partial charge on any atom is -0.444 e. The summed E-state index contributed by atoms with van der Waals surface area (Å²) in [5, 5.41) is 3.53. The van der Waals surface area contributed by atoms with Gasteiger partial charge in [-0.25, -0.2) is 4.79 Å². The third-order valence-electron chi connectivity index (χ3n) is 3.64. The predicted molar refractivity (Wildman–Crippen MR) is 101 cm³/mol. The number of nitrogens with one attached hydrogen (secondary N) is 1. The second-order valence-corrected chi connectivity index (χ2v) is 8.11. The van der Waals surface area contributed by atoms with E-state index in [1.807, 2.05) is 32.9 Å². The second-order valence-electron chi connectivity index (χ2n) is 8.11. The molecule has 1 rings (SSSR count). The number of amides is 1. The molecule has 0 radical (unpaired) electrons. The van der Waals surface area contributed by atoms with Crippen molar-refractivity contribution in [3.63, 3.8) is 0 Å². The van der Waals surface area contributed by atoms with E-state index in [2.05, 4.69) is 38.2 Å². The lowest BCUT2D eigenvalue weighted by Gasteiger charge is -2.25. The monoisotopic (exact) mass is 334 g/mol. The zero-order valence-corrected chi connectivity index (χ0v) is 16.3. The van der Waals surface area contributed by atoms with Gasteiger partial charge < -0.3 is 15.0 Å². The molecule has 0 saturated heterocycles. The summed E-state index contributed by atoms with van der Waals surface area (Å²) < 4.78 is 5.42. The van der Waals surface area contributed by atoms with Crippen molar-refractivity contribution < 1.29 is 9.53 Å². The molecule has 1 amide bonds. The number of hydrogen-bond donors (Lipinski definition) is 1. The second kappa shape index (κ2) is 8.95. The van der Waals surface area contributed by atoms with Gasteiger partial charge in [0.1, 0.15) is 5.60 Å². The summed E-state index contributed by atoms with van der Waals surface area (Å²) in [6.07, 6.45) is 0.901. The Morgan fingerprint density at radius 2 is 1.83 bits per heavy atom. The van der Waals surface area contributed by atoms with Gasteiger partial charge in [-0.2, -0.15) is 0 Å². The average molecular weight is 335 g/mol. The lowest BCUT2D eigenvalue weighted by molar-refractivity contribution is 0.0285. The molecule has 0 aliphatic heterocycles. The van der Waals surface area contributed by atoms with Crippen LogP contribution >= 0.6 is 0 Å². The molecule has 0 aromatic heterocycles. The highest BCUT2D eigenvalue weighted by molar-refractivity contribution is 5.68. The van der Waals surface area contributed by atoms with Crippen molar-refractivity contribution >= 4 is 11.8 Å². The summed E-state index contributed by atoms with van der Waals surface area (Å²) in [5.74, 6) is 1.32. The minimum absolute atomic E-state index is 0.300. The number of nitrogens with zero attached hydrogens (tertiary/aromatic N) is 1. The molecule has 1 aromatic carbocycles. The highest BCUT2D eigenvalue weighted by atomic mass is 16.6. The van der Waals surface area contributed by atoms with Gasteiger partial charge in [-0.05, 0) is 50.7 Å². The smallest absolute Gasteiger partial charge is 0.410 e. The van der Waals surface area contributed by atoms with Gasteiger partial charge in [-0.15, -0.1) is 0 Å². The third kappa shape index (κ3) is 7.71. The van der Waals surface area contributed by atoms with Crippen LogP contribution in [0, 0.1) is 11.8 Å². The lowest BCUT2D eigenvalue weighted by Crippen LogP contribution is -2.34. The van der Waals surface area contributed by atoms with Gasteiger partial charge in [-0.3, -0.25) is 0 Å². The molecule has 1 atom stereocenters. The van der Waals surface area contributed by atoms with Crippen LogP contribution in [-0.2, 0) is 11.3 Å². The molecule has 1 unspecified atom stereocenters. The quantitative estimate of drug-likeness (QED) is 0.750. The molecular formula is C20H34N2O2. The molecule has 0 aliphatic rings. The van der Waals surface area contributed by atoms with E-state index in [0.29, 0.717) is 18.4 Å². The number of carbonyl (C=O) groups is 1. The van der Waals surface area contributed by atoms with Gasteiger partial charge in [0.25, 0.3) is 0 Å². The standard InChI is InChI=1S/C20H34N2O2/c1-15(2)12-16(3)13-21-18-11-9-8-10-17(18)14-22(7)19(23)24-20(4,5)6/h8-11,15-16,21H,12-14H2,1-7H3. The zero-order chi connectivity index (χ0) is 18.3. The van der Waals surface area contributed by atoms with Crippen molar-refractivity contribution in [3.05, 3.63) is 29.8 Å².